The molecule has 138 valence electrons. The number of hydrogen-bond donors (Lipinski definition) is 3. The molecule has 0 heterocycles. The lowest BCUT2D eigenvalue weighted by atomic mass is 10.1. The Kier molecular flexibility index (Phi) is 5.83. The molecule has 0 aliphatic rings. The molecule has 3 aromatic rings. The van der Waals surface area contributed by atoms with E-state index >= 15 is 0 Å². The molecule has 0 saturated heterocycles. The number of carbonyl (C=O) groups is 1. The van der Waals surface area contributed by atoms with E-state index in [9.17, 15) is 9.18 Å². The molecule has 7 heteroatoms. The van der Waals surface area contributed by atoms with Gasteiger partial charge in [-0.05, 0) is 54.2 Å². The van der Waals surface area contributed by atoms with E-state index in [0.717, 1.165) is 10.8 Å². The first-order chi connectivity index (χ1) is 13.0. The van der Waals surface area contributed by atoms with Crippen molar-refractivity contribution in [2.45, 2.75) is 13.0 Å². The minimum Gasteiger partial charge on any atom is -0.481 e. The van der Waals surface area contributed by atoms with Gasteiger partial charge in [-0.2, -0.15) is 0 Å². The number of hydrazine groups is 1. The lowest BCUT2D eigenvalue weighted by Gasteiger charge is -2.17. The second-order valence-electron chi connectivity index (χ2n) is 5.82. The molecule has 3 N–H and O–H groups in total. The largest absolute Gasteiger partial charge is 0.481 e. The SMILES string of the molecule is C[C@@H](Oc1ccc2ccccc2c1)C(=O)NNC(=S)Nc1ccccc1F. The molecule has 27 heavy (non-hydrogen) atoms. The fourth-order valence-electron chi connectivity index (χ4n) is 2.43. The van der Waals surface area contributed by atoms with E-state index in [1.54, 1.807) is 19.1 Å². The maximum absolute atomic E-state index is 13.6. The first-order valence-corrected chi connectivity index (χ1v) is 8.70. The molecule has 0 saturated carbocycles. The zero-order valence-corrected chi connectivity index (χ0v) is 15.3. The zero-order valence-electron chi connectivity index (χ0n) is 14.5. The Morgan fingerprint density at radius 3 is 2.48 bits per heavy atom. The molecule has 1 atom stereocenters. The molecule has 0 bridgehead atoms. The molecule has 1 amide bonds. The van der Waals surface area contributed by atoms with Crippen LogP contribution in [0.2, 0.25) is 0 Å². The van der Waals surface area contributed by atoms with Crippen molar-refractivity contribution in [1.29, 1.82) is 0 Å². The van der Waals surface area contributed by atoms with Crippen LogP contribution < -0.4 is 20.9 Å². The van der Waals surface area contributed by atoms with Crippen LogP contribution in [0.4, 0.5) is 10.1 Å². The van der Waals surface area contributed by atoms with Crippen molar-refractivity contribution in [3.8, 4) is 5.75 Å². The number of halogens is 1. The monoisotopic (exact) mass is 383 g/mol. The Labute approximate surface area is 161 Å². The van der Waals surface area contributed by atoms with E-state index < -0.39 is 17.8 Å². The summed E-state index contributed by atoms with van der Waals surface area (Å²) < 4.78 is 19.3. The molecule has 5 nitrogen and oxygen atoms in total. The van der Waals surface area contributed by atoms with E-state index in [-0.39, 0.29) is 10.8 Å². The highest BCUT2D eigenvalue weighted by Crippen LogP contribution is 2.21. The van der Waals surface area contributed by atoms with E-state index in [0.29, 0.717) is 5.75 Å². The summed E-state index contributed by atoms with van der Waals surface area (Å²) in [5.41, 5.74) is 5.18. The number of fused-ring (bicyclic) bond motifs is 1. The summed E-state index contributed by atoms with van der Waals surface area (Å²) >= 11 is 5.04. The van der Waals surface area contributed by atoms with Gasteiger partial charge in [0, 0.05) is 0 Å². The topological polar surface area (TPSA) is 62.4 Å². The molecule has 0 aliphatic heterocycles. The summed E-state index contributed by atoms with van der Waals surface area (Å²) in [5, 5.41) is 4.84. The number of ether oxygens (including phenoxy) is 1. The van der Waals surface area contributed by atoms with Crippen molar-refractivity contribution in [3.63, 3.8) is 0 Å². The van der Waals surface area contributed by atoms with E-state index in [1.165, 1.54) is 12.1 Å². The van der Waals surface area contributed by atoms with Crippen LogP contribution in [0.15, 0.2) is 66.7 Å². The summed E-state index contributed by atoms with van der Waals surface area (Å²) in [4.78, 5) is 12.2. The van der Waals surface area contributed by atoms with Gasteiger partial charge in [0.15, 0.2) is 11.2 Å². The first kappa shape index (κ1) is 18.6. The smallest absolute Gasteiger partial charge is 0.279 e. The van der Waals surface area contributed by atoms with Gasteiger partial charge in [0.1, 0.15) is 11.6 Å². The number of carbonyl (C=O) groups excluding carboxylic acids is 1. The van der Waals surface area contributed by atoms with E-state index in [2.05, 4.69) is 16.2 Å². The third-order valence-corrected chi connectivity index (χ3v) is 4.03. The van der Waals surface area contributed by atoms with Gasteiger partial charge in [-0.25, -0.2) is 4.39 Å². The molecule has 0 fully saturated rings. The van der Waals surface area contributed by atoms with E-state index in [4.69, 9.17) is 17.0 Å². The average molecular weight is 383 g/mol. The molecule has 0 unspecified atom stereocenters. The average Bonchev–Trinajstić information content (AvgIpc) is 2.67. The Bertz CT molecular complexity index is 980. The summed E-state index contributed by atoms with van der Waals surface area (Å²) in [6, 6.07) is 19.6. The van der Waals surface area contributed by atoms with Crippen LogP contribution in [0.3, 0.4) is 0 Å². The predicted molar refractivity (Wildman–Crippen MR) is 108 cm³/mol. The van der Waals surface area contributed by atoms with Crippen molar-refractivity contribution in [2.24, 2.45) is 0 Å². The second kappa shape index (κ2) is 8.46. The van der Waals surface area contributed by atoms with Crippen LogP contribution >= 0.6 is 12.2 Å². The minimum atomic E-state index is -0.755. The van der Waals surface area contributed by atoms with Crippen LogP contribution in [0.5, 0.6) is 5.75 Å². The van der Waals surface area contributed by atoms with Crippen LogP contribution in [0.25, 0.3) is 10.8 Å². The predicted octanol–water partition coefficient (Wildman–Crippen LogP) is 3.76. The third kappa shape index (κ3) is 4.92. The fourth-order valence-corrected chi connectivity index (χ4v) is 2.60. The number of thiocarbonyl (C=S) groups is 1. The van der Waals surface area contributed by atoms with Crippen molar-refractivity contribution < 1.29 is 13.9 Å². The number of benzene rings is 3. The van der Waals surface area contributed by atoms with Gasteiger partial charge < -0.3 is 10.1 Å². The first-order valence-electron chi connectivity index (χ1n) is 8.30. The Hall–Kier alpha value is -3.19. The van der Waals surface area contributed by atoms with Crippen molar-refractivity contribution >= 4 is 39.7 Å². The van der Waals surface area contributed by atoms with Gasteiger partial charge >= 0.3 is 0 Å². The van der Waals surface area contributed by atoms with Gasteiger partial charge in [-0.15, -0.1) is 0 Å². The lowest BCUT2D eigenvalue weighted by molar-refractivity contribution is -0.127. The molecular formula is C20H18FN3O2S. The Morgan fingerprint density at radius 2 is 1.70 bits per heavy atom. The summed E-state index contributed by atoms with van der Waals surface area (Å²) in [6.45, 7) is 1.62. The molecule has 0 spiro atoms. The number of rotatable bonds is 4. The van der Waals surface area contributed by atoms with Crippen LogP contribution in [0.1, 0.15) is 6.92 Å². The minimum absolute atomic E-state index is 0.0614. The Balaban J connectivity index is 1.52. The molecule has 3 aromatic carbocycles. The molecule has 0 radical (unpaired) electrons. The van der Waals surface area contributed by atoms with E-state index in [1.807, 2.05) is 42.5 Å². The fraction of sp³-hybridized carbons (Fsp3) is 0.100. The summed E-state index contributed by atoms with van der Waals surface area (Å²) in [5.74, 6) is -0.273. The maximum atomic E-state index is 13.6. The number of para-hydroxylation sites is 1. The summed E-state index contributed by atoms with van der Waals surface area (Å²) in [6.07, 6.45) is -0.755. The van der Waals surface area contributed by atoms with Gasteiger partial charge in [0.05, 0.1) is 5.69 Å². The quantitative estimate of drug-likeness (QED) is 0.473. The van der Waals surface area contributed by atoms with Gasteiger partial charge in [-0.3, -0.25) is 15.6 Å². The number of anilines is 1. The molecule has 3 rings (SSSR count). The van der Waals surface area contributed by atoms with Crippen molar-refractivity contribution in [2.75, 3.05) is 5.32 Å². The van der Waals surface area contributed by atoms with Gasteiger partial charge in [0.2, 0.25) is 0 Å². The zero-order chi connectivity index (χ0) is 19.2. The molecule has 0 aliphatic carbocycles. The van der Waals surface area contributed by atoms with Gasteiger partial charge in [0.25, 0.3) is 5.91 Å². The highest BCUT2D eigenvalue weighted by molar-refractivity contribution is 7.80. The highest BCUT2D eigenvalue weighted by atomic mass is 32.1. The Morgan fingerprint density at radius 1 is 1.00 bits per heavy atom. The second-order valence-corrected chi connectivity index (χ2v) is 6.23. The highest BCUT2D eigenvalue weighted by Gasteiger charge is 2.15. The number of hydrogen-bond acceptors (Lipinski definition) is 3. The third-order valence-electron chi connectivity index (χ3n) is 3.82. The van der Waals surface area contributed by atoms with Crippen LogP contribution in [0, 0.1) is 5.82 Å². The standard InChI is InChI=1S/C20H18FN3O2S/c1-13(26-16-11-10-14-6-2-3-7-15(14)12-16)19(25)23-24-20(27)22-18-9-5-4-8-17(18)21/h2-13H,1H3,(H,23,25)(H2,22,24,27)/t13-/m1/s1. The maximum Gasteiger partial charge on any atom is 0.279 e. The lowest BCUT2D eigenvalue weighted by Crippen LogP contribution is -2.48. The summed E-state index contributed by atoms with van der Waals surface area (Å²) in [7, 11) is 0. The van der Waals surface area contributed by atoms with Crippen molar-refractivity contribution in [3.05, 3.63) is 72.5 Å². The number of amides is 1. The number of nitrogens with one attached hydrogen (secondary N) is 3. The van der Waals surface area contributed by atoms with Crippen LogP contribution in [-0.4, -0.2) is 17.1 Å². The van der Waals surface area contributed by atoms with Gasteiger partial charge in [-0.1, -0.05) is 42.5 Å². The van der Waals surface area contributed by atoms with Crippen molar-refractivity contribution in [1.82, 2.24) is 10.9 Å². The van der Waals surface area contributed by atoms with Crippen LogP contribution in [-0.2, 0) is 4.79 Å². The molecule has 0 aromatic heterocycles. The molecular weight excluding hydrogens is 365 g/mol. The normalized spacial score (nSPS) is 11.5.